The summed E-state index contributed by atoms with van der Waals surface area (Å²) in [4.78, 5) is 18.7. The molecule has 0 bridgehead atoms. The fourth-order valence-corrected chi connectivity index (χ4v) is 4.11. The molecular formula is C18H21ClN2O3S. The van der Waals surface area contributed by atoms with Gasteiger partial charge < -0.3 is 9.32 Å². The average molecular weight is 381 g/mol. The summed E-state index contributed by atoms with van der Waals surface area (Å²) in [6, 6.07) is 7.19. The number of rotatable bonds is 3. The smallest absolute Gasteiger partial charge is 0.228 e. The van der Waals surface area contributed by atoms with Gasteiger partial charge in [-0.2, -0.15) is 0 Å². The molecule has 25 heavy (non-hydrogen) atoms. The van der Waals surface area contributed by atoms with Crippen molar-refractivity contribution in [1.29, 1.82) is 0 Å². The van der Waals surface area contributed by atoms with Gasteiger partial charge in [0.15, 0.2) is 0 Å². The summed E-state index contributed by atoms with van der Waals surface area (Å²) in [6.45, 7) is 5.14. The van der Waals surface area contributed by atoms with Gasteiger partial charge in [0.25, 0.3) is 0 Å². The second-order valence-electron chi connectivity index (χ2n) is 6.77. The molecule has 0 spiro atoms. The fourth-order valence-electron chi connectivity index (χ4n) is 2.73. The van der Waals surface area contributed by atoms with E-state index in [2.05, 4.69) is 4.98 Å². The fraction of sp³-hybridized carbons (Fsp3) is 0.444. The van der Waals surface area contributed by atoms with E-state index in [4.69, 9.17) is 16.0 Å². The molecule has 7 heteroatoms. The Hall–Kier alpha value is -1.66. The minimum Gasteiger partial charge on any atom is -0.444 e. The van der Waals surface area contributed by atoms with Gasteiger partial charge in [-0.25, -0.2) is 4.98 Å². The number of hydrogen-bond donors (Lipinski definition) is 0. The van der Waals surface area contributed by atoms with Crippen LogP contribution >= 0.6 is 11.6 Å². The predicted molar refractivity (Wildman–Crippen MR) is 98.9 cm³/mol. The van der Waals surface area contributed by atoms with Crippen molar-refractivity contribution in [3.63, 3.8) is 0 Å². The minimum atomic E-state index is -0.913. The Labute approximate surface area is 154 Å². The van der Waals surface area contributed by atoms with Gasteiger partial charge in [-0.05, 0) is 44.5 Å². The van der Waals surface area contributed by atoms with Crippen LogP contribution in [0.25, 0.3) is 11.5 Å². The number of amides is 1. The molecule has 1 unspecified atom stereocenters. The molecule has 1 amide bonds. The number of nitrogens with zero attached hydrogens (tertiary/aromatic N) is 2. The molecule has 2 heterocycles. The Bertz CT molecular complexity index is 786. The van der Waals surface area contributed by atoms with E-state index in [0.717, 1.165) is 12.0 Å². The lowest BCUT2D eigenvalue weighted by molar-refractivity contribution is -0.130. The lowest BCUT2D eigenvalue weighted by Crippen LogP contribution is -2.34. The monoisotopic (exact) mass is 380 g/mol. The van der Waals surface area contributed by atoms with Crippen molar-refractivity contribution in [2.24, 2.45) is 0 Å². The van der Waals surface area contributed by atoms with Crippen molar-refractivity contribution < 1.29 is 13.4 Å². The van der Waals surface area contributed by atoms with Gasteiger partial charge in [-0.3, -0.25) is 9.00 Å². The molecular weight excluding hydrogens is 360 g/mol. The van der Waals surface area contributed by atoms with Crippen LogP contribution in [0.4, 0.5) is 0 Å². The van der Waals surface area contributed by atoms with Gasteiger partial charge in [0, 0.05) is 45.0 Å². The van der Waals surface area contributed by atoms with Crippen LogP contribution < -0.4 is 0 Å². The van der Waals surface area contributed by atoms with Crippen LogP contribution in [0.5, 0.6) is 0 Å². The van der Waals surface area contributed by atoms with Gasteiger partial charge in [0.05, 0.1) is 12.1 Å². The van der Waals surface area contributed by atoms with E-state index in [9.17, 15) is 9.00 Å². The van der Waals surface area contributed by atoms with Crippen molar-refractivity contribution in [3.05, 3.63) is 41.2 Å². The van der Waals surface area contributed by atoms with Crippen LogP contribution in [0.1, 0.15) is 26.0 Å². The molecule has 0 saturated carbocycles. The largest absolute Gasteiger partial charge is 0.444 e. The molecule has 0 N–H and O–H groups in total. The molecule has 5 nitrogen and oxygen atoms in total. The zero-order valence-electron chi connectivity index (χ0n) is 14.3. The van der Waals surface area contributed by atoms with Gasteiger partial charge in [0.1, 0.15) is 6.26 Å². The Kier molecular flexibility index (Phi) is 5.29. The zero-order valence-corrected chi connectivity index (χ0v) is 15.9. The average Bonchev–Trinajstić information content (AvgIpc) is 2.98. The maximum absolute atomic E-state index is 12.6. The maximum atomic E-state index is 12.6. The van der Waals surface area contributed by atoms with Gasteiger partial charge in [0.2, 0.25) is 11.8 Å². The van der Waals surface area contributed by atoms with E-state index in [1.165, 1.54) is 6.26 Å². The van der Waals surface area contributed by atoms with E-state index in [-0.39, 0.29) is 17.1 Å². The summed E-state index contributed by atoms with van der Waals surface area (Å²) >= 11 is 5.88. The molecule has 1 saturated heterocycles. The molecule has 1 aromatic heterocycles. The lowest BCUT2D eigenvalue weighted by atomic mass is 10.1. The SMILES string of the molecule is CC1(C)CCN(C(=O)Cc2coc(-c3ccc(Cl)cc3)n2)CCS1=O. The summed E-state index contributed by atoms with van der Waals surface area (Å²) in [7, 11) is -0.913. The molecule has 0 radical (unpaired) electrons. The third kappa shape index (κ3) is 4.30. The highest BCUT2D eigenvalue weighted by atomic mass is 35.5. The van der Waals surface area contributed by atoms with Crippen LogP contribution in [0.2, 0.25) is 5.02 Å². The first kappa shape index (κ1) is 18.1. The number of benzene rings is 1. The molecule has 0 aliphatic carbocycles. The topological polar surface area (TPSA) is 63.4 Å². The molecule has 1 aliphatic rings. The van der Waals surface area contributed by atoms with Gasteiger partial charge in [-0.1, -0.05) is 11.6 Å². The molecule has 2 aromatic rings. The Balaban J connectivity index is 1.65. The highest BCUT2D eigenvalue weighted by Crippen LogP contribution is 2.23. The molecule has 1 fully saturated rings. The van der Waals surface area contributed by atoms with Crippen LogP contribution in [-0.4, -0.2) is 43.6 Å². The third-order valence-corrected chi connectivity index (χ3v) is 6.72. The number of oxazole rings is 1. The van der Waals surface area contributed by atoms with E-state index in [1.807, 2.05) is 26.0 Å². The predicted octanol–water partition coefficient (Wildman–Crippen LogP) is 3.30. The summed E-state index contributed by atoms with van der Waals surface area (Å²) in [5.74, 6) is 0.983. The summed E-state index contributed by atoms with van der Waals surface area (Å²) < 4.78 is 17.4. The van der Waals surface area contributed by atoms with Gasteiger partial charge >= 0.3 is 0 Å². The van der Waals surface area contributed by atoms with E-state index >= 15 is 0 Å². The molecule has 1 aromatic carbocycles. The molecule has 3 rings (SSSR count). The molecule has 1 aliphatic heterocycles. The Morgan fingerprint density at radius 1 is 1.32 bits per heavy atom. The van der Waals surface area contributed by atoms with Crippen LogP contribution in [0, 0.1) is 0 Å². The first-order valence-electron chi connectivity index (χ1n) is 8.22. The highest BCUT2D eigenvalue weighted by molar-refractivity contribution is 7.86. The van der Waals surface area contributed by atoms with Gasteiger partial charge in [-0.15, -0.1) is 0 Å². The first-order valence-corrected chi connectivity index (χ1v) is 9.91. The van der Waals surface area contributed by atoms with Crippen molar-refractivity contribution >= 4 is 28.3 Å². The number of carbonyl (C=O) groups is 1. The number of carbonyl (C=O) groups excluding carboxylic acids is 1. The number of halogens is 1. The van der Waals surface area contributed by atoms with Crippen molar-refractivity contribution in [1.82, 2.24) is 9.88 Å². The van der Waals surface area contributed by atoms with Crippen LogP contribution in [0.3, 0.4) is 0 Å². The third-order valence-electron chi connectivity index (χ3n) is 4.47. The summed E-state index contributed by atoms with van der Waals surface area (Å²) in [5, 5.41) is 0.646. The van der Waals surface area contributed by atoms with Crippen molar-refractivity contribution in [2.75, 3.05) is 18.8 Å². The summed E-state index contributed by atoms with van der Waals surface area (Å²) in [5.41, 5.74) is 1.41. The van der Waals surface area contributed by atoms with E-state index < -0.39 is 10.8 Å². The quantitative estimate of drug-likeness (QED) is 0.819. The lowest BCUT2D eigenvalue weighted by Gasteiger charge is -2.22. The normalized spacial score (nSPS) is 20.3. The van der Waals surface area contributed by atoms with E-state index in [1.54, 1.807) is 17.0 Å². The number of aromatic nitrogens is 1. The van der Waals surface area contributed by atoms with E-state index in [0.29, 0.717) is 35.4 Å². The minimum absolute atomic E-state index is 0.00865. The van der Waals surface area contributed by atoms with Crippen molar-refractivity contribution in [3.8, 4) is 11.5 Å². The van der Waals surface area contributed by atoms with Crippen LogP contribution in [-0.2, 0) is 22.0 Å². The second-order valence-corrected chi connectivity index (χ2v) is 9.41. The Morgan fingerprint density at radius 2 is 2.04 bits per heavy atom. The van der Waals surface area contributed by atoms with Crippen LogP contribution in [0.15, 0.2) is 34.9 Å². The maximum Gasteiger partial charge on any atom is 0.228 e. The standard InChI is InChI=1S/C18H21ClN2O3S/c1-18(2)7-8-21(9-10-25(18)23)16(22)11-15-12-24-17(20-15)13-3-5-14(19)6-4-13/h3-6,12H,7-11H2,1-2H3. The first-order chi connectivity index (χ1) is 11.8. The molecule has 1 atom stereocenters. The Morgan fingerprint density at radius 3 is 2.76 bits per heavy atom. The second kappa shape index (κ2) is 7.30. The summed E-state index contributed by atoms with van der Waals surface area (Å²) in [6.07, 6.45) is 2.44. The number of hydrogen-bond acceptors (Lipinski definition) is 4. The highest BCUT2D eigenvalue weighted by Gasteiger charge is 2.31. The zero-order chi connectivity index (χ0) is 18.0. The molecule has 134 valence electrons. The van der Waals surface area contributed by atoms with Crippen molar-refractivity contribution in [2.45, 2.75) is 31.4 Å².